The van der Waals surface area contributed by atoms with Gasteiger partial charge >= 0.3 is 12.0 Å². The Bertz CT molecular complexity index is 562. The number of carboxylic acid groups (broad SMARTS) is 1. The van der Waals surface area contributed by atoms with Gasteiger partial charge in [-0.15, -0.1) is 0 Å². The van der Waals surface area contributed by atoms with Gasteiger partial charge in [0.1, 0.15) is 6.04 Å². The van der Waals surface area contributed by atoms with Crippen molar-refractivity contribution >= 4 is 17.7 Å². The zero-order chi connectivity index (χ0) is 15.7. The predicted molar refractivity (Wildman–Crippen MR) is 78.4 cm³/mol. The molecule has 0 unspecified atom stereocenters. The molecule has 6 nitrogen and oxygen atoms in total. The molecule has 0 aromatic heterocycles. The van der Waals surface area contributed by atoms with E-state index < -0.39 is 24.1 Å². The molecule has 2 rings (SSSR count). The molecule has 1 aliphatic rings. The van der Waals surface area contributed by atoms with Crippen molar-refractivity contribution in [3.8, 4) is 0 Å². The van der Waals surface area contributed by atoms with Crippen LogP contribution < -0.4 is 5.32 Å². The van der Waals surface area contributed by atoms with Gasteiger partial charge < -0.3 is 20.4 Å². The van der Waals surface area contributed by atoms with Gasteiger partial charge in [-0.1, -0.05) is 17.7 Å². The number of aliphatic carboxylic acids is 1. The van der Waals surface area contributed by atoms with E-state index in [0.29, 0.717) is 5.69 Å². The van der Waals surface area contributed by atoms with Crippen molar-refractivity contribution in [2.45, 2.75) is 39.3 Å². The Morgan fingerprint density at radius 3 is 2.33 bits per heavy atom. The van der Waals surface area contributed by atoms with Gasteiger partial charge in [0, 0.05) is 18.7 Å². The number of nitrogens with one attached hydrogen (secondary N) is 1. The number of carbonyl (C=O) groups excluding carboxylic acids is 1. The van der Waals surface area contributed by atoms with Crippen LogP contribution >= 0.6 is 0 Å². The van der Waals surface area contributed by atoms with Crippen LogP contribution in [0.2, 0.25) is 0 Å². The van der Waals surface area contributed by atoms with Crippen LogP contribution in [0.5, 0.6) is 0 Å². The molecule has 21 heavy (non-hydrogen) atoms. The molecule has 1 fully saturated rings. The number of amides is 2. The molecule has 0 aliphatic carbocycles. The van der Waals surface area contributed by atoms with Crippen molar-refractivity contribution in [1.82, 2.24) is 4.90 Å². The van der Waals surface area contributed by atoms with Gasteiger partial charge in [0.15, 0.2) is 0 Å². The van der Waals surface area contributed by atoms with E-state index in [0.717, 1.165) is 16.7 Å². The fourth-order valence-corrected chi connectivity index (χ4v) is 2.83. The number of carboxylic acids is 1. The number of urea groups is 1. The molecule has 0 bridgehead atoms. The first-order valence-electron chi connectivity index (χ1n) is 6.86. The van der Waals surface area contributed by atoms with Crippen molar-refractivity contribution in [2.24, 2.45) is 0 Å². The lowest BCUT2D eigenvalue weighted by atomic mass is 10.1. The van der Waals surface area contributed by atoms with Crippen LogP contribution in [0, 0.1) is 20.8 Å². The number of β-amino-alcohol motifs (C(OH)–C–C–N with tert-alkyl or cyclic N) is 1. The minimum absolute atomic E-state index is 0.0345. The lowest BCUT2D eigenvalue weighted by molar-refractivity contribution is -0.141. The highest BCUT2D eigenvalue weighted by molar-refractivity contribution is 5.94. The second-order valence-electron chi connectivity index (χ2n) is 5.60. The maximum Gasteiger partial charge on any atom is 0.326 e. The molecule has 0 saturated carbocycles. The molecule has 1 heterocycles. The van der Waals surface area contributed by atoms with Crippen LogP contribution in [0.1, 0.15) is 23.1 Å². The third kappa shape index (κ3) is 3.16. The molecule has 1 aromatic rings. The van der Waals surface area contributed by atoms with Crippen LogP contribution in [0.3, 0.4) is 0 Å². The molecule has 1 aliphatic heterocycles. The van der Waals surface area contributed by atoms with Crippen LogP contribution in [0.25, 0.3) is 0 Å². The monoisotopic (exact) mass is 292 g/mol. The minimum atomic E-state index is -1.10. The molecular formula is C15H20N2O4. The third-order valence-electron chi connectivity index (χ3n) is 3.73. The average molecular weight is 292 g/mol. The highest BCUT2D eigenvalue weighted by atomic mass is 16.4. The van der Waals surface area contributed by atoms with Crippen molar-refractivity contribution in [2.75, 3.05) is 11.9 Å². The normalized spacial score (nSPS) is 21.4. The number of aliphatic hydroxyl groups excluding tert-OH is 1. The van der Waals surface area contributed by atoms with E-state index >= 15 is 0 Å². The summed E-state index contributed by atoms with van der Waals surface area (Å²) in [5, 5.41) is 21.5. The fraction of sp³-hybridized carbons (Fsp3) is 0.467. The average Bonchev–Trinajstić information content (AvgIpc) is 2.76. The van der Waals surface area contributed by atoms with Gasteiger partial charge in [0.25, 0.3) is 0 Å². The molecule has 0 radical (unpaired) electrons. The van der Waals surface area contributed by atoms with Crippen LogP contribution in [0.4, 0.5) is 10.5 Å². The number of aliphatic hydroxyl groups is 1. The summed E-state index contributed by atoms with van der Waals surface area (Å²) in [6, 6.07) is 2.44. The second kappa shape index (κ2) is 5.73. The molecule has 3 N–H and O–H groups in total. The number of nitrogens with zero attached hydrogens (tertiary/aromatic N) is 1. The summed E-state index contributed by atoms with van der Waals surface area (Å²) in [6.07, 6.45) is -0.730. The SMILES string of the molecule is Cc1cc(C)c(NC(=O)N2C[C@H](O)C[C@@H]2C(=O)O)c(C)c1. The maximum atomic E-state index is 12.3. The number of hydrogen-bond acceptors (Lipinski definition) is 3. The van der Waals surface area contributed by atoms with Gasteiger partial charge in [0.05, 0.1) is 6.10 Å². The lowest BCUT2D eigenvalue weighted by Gasteiger charge is -2.23. The number of hydrogen-bond donors (Lipinski definition) is 3. The van der Waals surface area contributed by atoms with E-state index in [-0.39, 0.29) is 13.0 Å². The topological polar surface area (TPSA) is 89.9 Å². The van der Waals surface area contributed by atoms with Gasteiger partial charge in [-0.3, -0.25) is 0 Å². The number of rotatable bonds is 2. The Morgan fingerprint density at radius 2 is 1.81 bits per heavy atom. The molecular weight excluding hydrogens is 272 g/mol. The molecule has 6 heteroatoms. The van der Waals surface area contributed by atoms with Crippen molar-refractivity contribution in [1.29, 1.82) is 0 Å². The van der Waals surface area contributed by atoms with Gasteiger partial charge in [-0.2, -0.15) is 0 Å². The van der Waals surface area contributed by atoms with Crippen molar-refractivity contribution in [3.63, 3.8) is 0 Å². The Kier molecular flexibility index (Phi) is 4.18. The van der Waals surface area contributed by atoms with E-state index in [9.17, 15) is 14.7 Å². The first-order valence-corrected chi connectivity index (χ1v) is 6.86. The Labute approximate surface area is 123 Å². The van der Waals surface area contributed by atoms with Gasteiger partial charge in [-0.25, -0.2) is 9.59 Å². The highest BCUT2D eigenvalue weighted by Gasteiger charge is 2.39. The fourth-order valence-electron chi connectivity index (χ4n) is 2.83. The number of aryl methyl sites for hydroxylation is 3. The Morgan fingerprint density at radius 1 is 1.24 bits per heavy atom. The summed E-state index contributed by atoms with van der Waals surface area (Å²) >= 11 is 0. The first kappa shape index (κ1) is 15.3. The zero-order valence-electron chi connectivity index (χ0n) is 12.4. The van der Waals surface area contributed by atoms with Crippen LogP contribution in [-0.4, -0.2) is 45.8 Å². The number of carbonyl (C=O) groups is 2. The molecule has 2 atom stereocenters. The number of anilines is 1. The number of likely N-dealkylation sites (tertiary alicyclic amines) is 1. The predicted octanol–water partition coefficient (Wildman–Crippen LogP) is 1.66. The largest absolute Gasteiger partial charge is 0.480 e. The van der Waals surface area contributed by atoms with Gasteiger partial charge in [-0.05, 0) is 31.9 Å². The van der Waals surface area contributed by atoms with Crippen molar-refractivity contribution < 1.29 is 19.8 Å². The highest BCUT2D eigenvalue weighted by Crippen LogP contribution is 2.24. The molecule has 0 spiro atoms. The molecule has 1 saturated heterocycles. The molecule has 114 valence electrons. The Hall–Kier alpha value is -2.08. The summed E-state index contributed by atoms with van der Waals surface area (Å²) in [6.45, 7) is 5.79. The lowest BCUT2D eigenvalue weighted by Crippen LogP contribution is -2.43. The Balaban J connectivity index is 2.20. The summed E-state index contributed by atoms with van der Waals surface area (Å²) < 4.78 is 0. The molecule has 1 aromatic carbocycles. The van der Waals surface area contributed by atoms with E-state index in [1.165, 1.54) is 4.90 Å². The van der Waals surface area contributed by atoms with E-state index in [2.05, 4.69) is 5.32 Å². The second-order valence-corrected chi connectivity index (χ2v) is 5.60. The van der Waals surface area contributed by atoms with Crippen molar-refractivity contribution in [3.05, 3.63) is 28.8 Å². The van der Waals surface area contributed by atoms with E-state index in [4.69, 9.17) is 5.11 Å². The zero-order valence-corrected chi connectivity index (χ0v) is 12.4. The summed E-state index contributed by atoms with van der Waals surface area (Å²) in [7, 11) is 0. The first-order chi connectivity index (χ1) is 9.79. The third-order valence-corrected chi connectivity index (χ3v) is 3.73. The smallest absolute Gasteiger partial charge is 0.326 e. The minimum Gasteiger partial charge on any atom is -0.480 e. The summed E-state index contributed by atoms with van der Waals surface area (Å²) in [5.74, 6) is -1.10. The quantitative estimate of drug-likeness (QED) is 0.773. The van der Waals surface area contributed by atoms with Crippen LogP contribution in [0.15, 0.2) is 12.1 Å². The van der Waals surface area contributed by atoms with E-state index in [1.807, 2.05) is 32.9 Å². The summed E-state index contributed by atoms with van der Waals surface area (Å²) in [5.41, 5.74) is 3.64. The van der Waals surface area contributed by atoms with Gasteiger partial charge in [0.2, 0.25) is 0 Å². The standard InChI is InChI=1S/C15H20N2O4/c1-8-4-9(2)13(10(3)5-8)16-15(21)17-7-11(18)6-12(17)14(19)20/h4-5,11-12,18H,6-7H2,1-3H3,(H,16,21)(H,19,20)/t11-,12-/m1/s1. The molecule has 2 amide bonds. The summed E-state index contributed by atoms with van der Waals surface area (Å²) in [4.78, 5) is 24.6. The number of benzene rings is 1. The maximum absolute atomic E-state index is 12.3. The van der Waals surface area contributed by atoms with E-state index in [1.54, 1.807) is 0 Å². The van der Waals surface area contributed by atoms with Crippen LogP contribution in [-0.2, 0) is 4.79 Å².